The smallest absolute Gasteiger partial charge is 0.462 e. The summed E-state index contributed by atoms with van der Waals surface area (Å²) in [6.07, 6.45) is 41.6. The van der Waals surface area contributed by atoms with Gasteiger partial charge in [0, 0.05) is 12.8 Å². The van der Waals surface area contributed by atoms with Crippen molar-refractivity contribution in [1.82, 2.24) is 0 Å². The lowest BCUT2D eigenvalue weighted by Crippen LogP contribution is -2.37. The molecule has 0 aliphatic carbocycles. The number of allylic oxidation sites excluding steroid dienone is 8. The average molecular weight is 783 g/mol. The predicted octanol–water partition coefficient (Wildman–Crippen LogP) is 11.9. The number of quaternary nitrogens is 1. The highest BCUT2D eigenvalue weighted by Gasteiger charge is 2.27. The quantitative estimate of drug-likeness (QED) is 0.0217. The summed E-state index contributed by atoms with van der Waals surface area (Å²) in [6.45, 7) is 4.32. The molecule has 0 aromatic heterocycles. The van der Waals surface area contributed by atoms with Crippen LogP contribution in [-0.2, 0) is 32.7 Å². The fourth-order valence-electron chi connectivity index (χ4n) is 5.43. The highest BCUT2D eigenvalue weighted by Crippen LogP contribution is 2.43. The summed E-state index contributed by atoms with van der Waals surface area (Å²) in [4.78, 5) is 35.3. The average Bonchev–Trinajstić information content (AvgIpc) is 3.12. The third-order valence-electron chi connectivity index (χ3n) is 8.83. The topological polar surface area (TPSA) is 108 Å². The van der Waals surface area contributed by atoms with Crippen molar-refractivity contribution >= 4 is 19.8 Å². The Morgan fingerprint density at radius 2 is 1.00 bits per heavy atom. The zero-order valence-electron chi connectivity index (χ0n) is 35.2. The van der Waals surface area contributed by atoms with Gasteiger partial charge in [0.2, 0.25) is 0 Å². The first-order valence-electron chi connectivity index (χ1n) is 21.4. The van der Waals surface area contributed by atoms with Crippen molar-refractivity contribution in [2.45, 2.75) is 174 Å². The third kappa shape index (κ3) is 39.7. The van der Waals surface area contributed by atoms with Crippen molar-refractivity contribution in [3.63, 3.8) is 0 Å². The Hall–Kier alpha value is -2.03. The molecule has 2 atom stereocenters. The number of carbonyl (C=O) groups excluding carboxylic acids is 2. The molecule has 0 saturated heterocycles. The highest BCUT2D eigenvalue weighted by molar-refractivity contribution is 7.47. The number of ether oxygens (including phenoxy) is 2. The minimum atomic E-state index is -4.38. The number of phosphoric acid groups is 1. The Morgan fingerprint density at radius 1 is 0.574 bits per heavy atom. The molecule has 9 nitrogen and oxygen atoms in total. The van der Waals surface area contributed by atoms with Gasteiger partial charge < -0.3 is 18.9 Å². The number of esters is 2. The molecule has 54 heavy (non-hydrogen) atoms. The lowest BCUT2D eigenvalue weighted by molar-refractivity contribution is -0.870. The molecule has 0 fully saturated rings. The van der Waals surface area contributed by atoms with Crippen LogP contribution in [0.2, 0.25) is 0 Å². The number of likely N-dealkylation sites (N-methyl/N-ethyl adjacent to an activating group) is 1. The molecule has 0 radical (unpaired) electrons. The number of nitrogens with zero attached hydrogens (tertiary/aromatic N) is 1. The Kier molecular flexibility index (Phi) is 35.2. The maximum atomic E-state index is 12.7. The fraction of sp³-hybridized carbons (Fsp3) is 0.773. The van der Waals surface area contributed by atoms with Crippen molar-refractivity contribution in [2.24, 2.45) is 0 Å². The van der Waals surface area contributed by atoms with E-state index in [1.54, 1.807) is 0 Å². The van der Waals surface area contributed by atoms with E-state index in [1.807, 2.05) is 21.1 Å². The predicted molar refractivity (Wildman–Crippen MR) is 224 cm³/mol. The fourth-order valence-corrected chi connectivity index (χ4v) is 6.17. The van der Waals surface area contributed by atoms with Crippen molar-refractivity contribution in [3.8, 4) is 0 Å². The van der Waals surface area contributed by atoms with E-state index in [0.29, 0.717) is 23.9 Å². The first-order valence-corrected chi connectivity index (χ1v) is 22.9. The van der Waals surface area contributed by atoms with Crippen LogP contribution in [0.1, 0.15) is 168 Å². The van der Waals surface area contributed by atoms with Gasteiger partial charge in [-0.1, -0.05) is 127 Å². The summed E-state index contributed by atoms with van der Waals surface area (Å²) in [5, 5.41) is 0. The van der Waals surface area contributed by atoms with Gasteiger partial charge in [-0.2, -0.15) is 0 Å². The molecule has 0 heterocycles. The van der Waals surface area contributed by atoms with Crippen LogP contribution >= 0.6 is 7.82 Å². The van der Waals surface area contributed by atoms with Crippen LogP contribution in [-0.4, -0.2) is 74.9 Å². The number of carbonyl (C=O) groups is 2. The number of unbranched alkanes of at least 4 members (excludes halogenated alkanes) is 16. The normalized spacial score (nSPS) is 14.1. The second kappa shape index (κ2) is 36.6. The number of hydrogen-bond donors (Lipinski definition) is 1. The van der Waals surface area contributed by atoms with E-state index in [0.717, 1.165) is 64.2 Å². The van der Waals surface area contributed by atoms with E-state index in [2.05, 4.69) is 62.5 Å². The van der Waals surface area contributed by atoms with Crippen molar-refractivity contribution in [1.29, 1.82) is 0 Å². The molecule has 0 aliphatic rings. The summed E-state index contributed by atoms with van der Waals surface area (Å²) < 4.78 is 34.2. The minimum absolute atomic E-state index is 0.0220. The molecule has 0 aromatic rings. The zero-order chi connectivity index (χ0) is 40.0. The minimum Gasteiger partial charge on any atom is -0.462 e. The van der Waals surface area contributed by atoms with E-state index < -0.39 is 32.5 Å². The summed E-state index contributed by atoms with van der Waals surface area (Å²) >= 11 is 0. The maximum absolute atomic E-state index is 12.7. The number of hydrogen-bond acceptors (Lipinski definition) is 7. The SMILES string of the molecule is CCCCC/C=C/C/C=C/CCCCCCCC(=O)OC[C@H](COP(=O)(O)OCC[N+](C)(C)C)OC(=O)CCCC/C=C/C/C=C/CCCCCCCC. The molecule has 0 saturated carbocycles. The number of phosphoric ester groups is 1. The van der Waals surface area contributed by atoms with E-state index in [9.17, 15) is 19.0 Å². The van der Waals surface area contributed by atoms with Gasteiger partial charge in [0.1, 0.15) is 19.8 Å². The lowest BCUT2D eigenvalue weighted by atomic mass is 10.1. The number of rotatable bonds is 38. The van der Waals surface area contributed by atoms with Crippen LogP contribution in [0.5, 0.6) is 0 Å². The van der Waals surface area contributed by atoms with E-state index in [1.165, 1.54) is 64.2 Å². The first-order chi connectivity index (χ1) is 26.0. The highest BCUT2D eigenvalue weighted by atomic mass is 31.2. The van der Waals surface area contributed by atoms with Crippen LogP contribution in [0.3, 0.4) is 0 Å². The zero-order valence-corrected chi connectivity index (χ0v) is 36.1. The molecule has 0 aromatic carbocycles. The molecule has 0 aliphatic heterocycles. The van der Waals surface area contributed by atoms with Gasteiger partial charge >= 0.3 is 19.8 Å². The van der Waals surface area contributed by atoms with Crippen molar-refractivity contribution in [3.05, 3.63) is 48.6 Å². The lowest BCUT2D eigenvalue weighted by Gasteiger charge is -2.24. The van der Waals surface area contributed by atoms with Gasteiger partial charge in [-0.05, 0) is 77.0 Å². The van der Waals surface area contributed by atoms with Crippen LogP contribution in [0.4, 0.5) is 0 Å². The molecular weight excluding hydrogens is 701 g/mol. The van der Waals surface area contributed by atoms with Gasteiger partial charge in [0.05, 0.1) is 27.7 Å². The summed E-state index contributed by atoms with van der Waals surface area (Å²) in [5.41, 5.74) is 0. The van der Waals surface area contributed by atoms with Gasteiger partial charge in [-0.25, -0.2) is 4.57 Å². The summed E-state index contributed by atoms with van der Waals surface area (Å²) in [7, 11) is 1.44. The Bertz CT molecular complexity index is 1070. The second-order valence-electron chi connectivity index (χ2n) is 15.4. The molecule has 1 N–H and O–H groups in total. The van der Waals surface area contributed by atoms with Crippen LogP contribution < -0.4 is 0 Å². The van der Waals surface area contributed by atoms with Gasteiger partial charge in [-0.15, -0.1) is 0 Å². The molecule has 0 amide bonds. The first kappa shape index (κ1) is 52.0. The second-order valence-corrected chi connectivity index (χ2v) is 16.8. The van der Waals surface area contributed by atoms with E-state index in [-0.39, 0.29) is 26.1 Å². The Balaban J connectivity index is 4.47. The Morgan fingerprint density at radius 3 is 1.54 bits per heavy atom. The van der Waals surface area contributed by atoms with Gasteiger partial charge in [0.15, 0.2) is 6.10 Å². The van der Waals surface area contributed by atoms with Gasteiger partial charge in [0.25, 0.3) is 0 Å². The molecular formula is C44H81NO8P+. The largest absolute Gasteiger partial charge is 0.472 e. The van der Waals surface area contributed by atoms with Crippen LogP contribution in [0.25, 0.3) is 0 Å². The van der Waals surface area contributed by atoms with Crippen LogP contribution in [0, 0.1) is 0 Å². The maximum Gasteiger partial charge on any atom is 0.472 e. The molecule has 314 valence electrons. The van der Waals surface area contributed by atoms with Crippen molar-refractivity contribution < 1.29 is 42.1 Å². The van der Waals surface area contributed by atoms with E-state index >= 15 is 0 Å². The summed E-state index contributed by atoms with van der Waals surface area (Å²) in [5.74, 6) is -0.856. The Labute approximate surface area is 331 Å². The molecule has 0 bridgehead atoms. The van der Waals surface area contributed by atoms with Gasteiger partial charge in [-0.3, -0.25) is 18.6 Å². The monoisotopic (exact) mass is 783 g/mol. The molecule has 0 spiro atoms. The summed E-state index contributed by atoms with van der Waals surface area (Å²) in [6, 6.07) is 0. The molecule has 1 unspecified atom stereocenters. The molecule has 0 rings (SSSR count). The standard InChI is InChI=1S/C44H80NO8P/c1-6-8-10-12-14-16-18-20-22-24-26-28-30-32-34-36-43(46)50-40-42(41-52-54(48,49)51-39-38-45(3,4)5)53-44(47)37-35-33-31-29-27-25-23-21-19-17-15-13-11-9-7-2/h14,16,20-23,27,29,42H,6-13,15,17-19,24-26,28,30-41H2,1-5H3/p+1/b16-14+,22-20+,23-21+,29-27+/t42-/m1/s1. The van der Waals surface area contributed by atoms with Crippen LogP contribution in [0.15, 0.2) is 48.6 Å². The van der Waals surface area contributed by atoms with E-state index in [4.69, 9.17) is 18.5 Å². The third-order valence-corrected chi connectivity index (χ3v) is 9.82. The molecule has 10 heteroatoms. The van der Waals surface area contributed by atoms with Crippen molar-refractivity contribution in [2.75, 3.05) is 47.5 Å².